The van der Waals surface area contributed by atoms with E-state index in [4.69, 9.17) is 11.6 Å². The Morgan fingerprint density at radius 1 is 1.00 bits per heavy atom. The van der Waals surface area contributed by atoms with Crippen molar-refractivity contribution in [1.29, 1.82) is 0 Å². The molecule has 4 nitrogen and oxygen atoms in total. The van der Waals surface area contributed by atoms with Crippen molar-refractivity contribution in [3.63, 3.8) is 0 Å². The number of benzene rings is 2. The monoisotopic (exact) mass is 350 g/mol. The van der Waals surface area contributed by atoms with E-state index in [1.165, 1.54) is 10.9 Å². The Balaban J connectivity index is 1.82. The zero-order chi connectivity index (χ0) is 17.4. The van der Waals surface area contributed by atoms with E-state index < -0.39 is 0 Å². The van der Waals surface area contributed by atoms with Gasteiger partial charge in [-0.2, -0.15) is 0 Å². The molecule has 2 heterocycles. The molecule has 4 aromatic rings. The minimum absolute atomic E-state index is 0.119. The lowest BCUT2D eigenvalue weighted by atomic mass is 10.2. The molecule has 126 valence electrons. The molecule has 25 heavy (non-hydrogen) atoms. The van der Waals surface area contributed by atoms with Crippen LogP contribution in [0.1, 0.15) is 25.2 Å². The first-order chi connectivity index (χ1) is 12.2. The molecule has 2 aromatic heterocycles. The number of nitrogens with zero attached hydrogens (tertiary/aromatic N) is 4. The molecule has 0 aliphatic rings. The fourth-order valence-corrected chi connectivity index (χ4v) is 3.61. The summed E-state index contributed by atoms with van der Waals surface area (Å²) in [5.74, 6) is 1.72. The van der Waals surface area contributed by atoms with Gasteiger partial charge in [-0.3, -0.25) is 0 Å². The van der Waals surface area contributed by atoms with Gasteiger partial charge in [-0.25, -0.2) is 0 Å². The second-order valence-corrected chi connectivity index (χ2v) is 6.53. The molecule has 0 saturated heterocycles. The Kier molecular flexibility index (Phi) is 4.06. The quantitative estimate of drug-likeness (QED) is 0.514. The Morgan fingerprint density at radius 2 is 1.76 bits per heavy atom. The van der Waals surface area contributed by atoms with Crippen molar-refractivity contribution in [2.45, 2.75) is 19.4 Å². The van der Waals surface area contributed by atoms with Crippen molar-refractivity contribution in [1.82, 2.24) is 19.3 Å². The van der Waals surface area contributed by atoms with Crippen LogP contribution in [-0.4, -0.2) is 19.3 Å². The fourth-order valence-electron chi connectivity index (χ4n) is 3.39. The van der Waals surface area contributed by atoms with Crippen molar-refractivity contribution >= 4 is 22.5 Å². The number of aromatic nitrogens is 4. The molecule has 5 heteroatoms. The Morgan fingerprint density at radius 3 is 2.56 bits per heavy atom. The van der Waals surface area contributed by atoms with Crippen LogP contribution in [0.2, 0.25) is 5.02 Å². The summed E-state index contributed by atoms with van der Waals surface area (Å²) in [6, 6.07) is 18.4. The topological polar surface area (TPSA) is 35.6 Å². The number of para-hydroxylation sites is 1. The van der Waals surface area contributed by atoms with E-state index in [-0.39, 0.29) is 6.04 Å². The zero-order valence-electron chi connectivity index (χ0n) is 14.2. The second-order valence-electron chi connectivity index (χ2n) is 6.13. The molecule has 0 aliphatic heterocycles. The van der Waals surface area contributed by atoms with Gasteiger partial charge >= 0.3 is 0 Å². The molecular weight excluding hydrogens is 332 g/mol. The van der Waals surface area contributed by atoms with Gasteiger partial charge in [0, 0.05) is 24.3 Å². The number of hydrogen-bond acceptors (Lipinski definition) is 2. The molecule has 2 aromatic carbocycles. The summed E-state index contributed by atoms with van der Waals surface area (Å²) in [6.07, 6.45) is 3.05. The molecular formula is C20H19ClN4. The predicted octanol–water partition coefficient (Wildman–Crippen LogP) is 5.09. The molecule has 1 unspecified atom stereocenters. The third kappa shape index (κ3) is 2.63. The van der Waals surface area contributed by atoms with Crippen LogP contribution in [0.25, 0.3) is 22.3 Å². The highest BCUT2D eigenvalue weighted by Gasteiger charge is 2.22. The molecule has 0 N–H and O–H groups in total. The number of rotatable bonds is 4. The maximum atomic E-state index is 6.34. The van der Waals surface area contributed by atoms with E-state index >= 15 is 0 Å². The number of hydrogen-bond donors (Lipinski definition) is 0. The molecule has 0 bridgehead atoms. The summed E-state index contributed by atoms with van der Waals surface area (Å²) in [5.41, 5.74) is 2.11. The molecule has 1 atom stereocenters. The highest BCUT2D eigenvalue weighted by Crippen LogP contribution is 2.30. The van der Waals surface area contributed by atoms with Gasteiger partial charge in [-0.1, -0.05) is 48.9 Å². The summed E-state index contributed by atoms with van der Waals surface area (Å²) in [6.45, 7) is 2.17. The first-order valence-electron chi connectivity index (χ1n) is 8.40. The SMILES string of the molecule is CCC(c1nnc(-c2ccccc2Cl)n1C)n1ccc2ccccc21. The van der Waals surface area contributed by atoms with Crippen LogP contribution in [-0.2, 0) is 7.05 Å². The van der Waals surface area contributed by atoms with E-state index in [0.29, 0.717) is 5.02 Å². The van der Waals surface area contributed by atoms with Gasteiger partial charge in [0.25, 0.3) is 0 Å². The highest BCUT2D eigenvalue weighted by molar-refractivity contribution is 6.33. The van der Waals surface area contributed by atoms with Crippen LogP contribution in [0.4, 0.5) is 0 Å². The molecule has 0 aliphatic carbocycles. The predicted molar refractivity (Wildman–Crippen MR) is 102 cm³/mol. The standard InChI is InChI=1S/C20H19ClN4/c1-3-17(25-13-12-14-8-4-7-11-18(14)25)20-23-22-19(24(20)2)15-9-5-6-10-16(15)21/h4-13,17H,3H2,1-2H3. The largest absolute Gasteiger partial charge is 0.337 e. The van der Waals surface area contributed by atoms with E-state index in [1.807, 2.05) is 35.9 Å². The van der Waals surface area contributed by atoms with Crippen LogP contribution in [0, 0.1) is 0 Å². The minimum atomic E-state index is 0.119. The van der Waals surface area contributed by atoms with Gasteiger partial charge in [-0.15, -0.1) is 10.2 Å². The van der Waals surface area contributed by atoms with E-state index in [1.54, 1.807) is 0 Å². The first kappa shape index (κ1) is 15.9. The number of halogens is 1. The van der Waals surface area contributed by atoms with Crippen LogP contribution in [0.3, 0.4) is 0 Å². The summed E-state index contributed by atoms with van der Waals surface area (Å²) < 4.78 is 4.32. The maximum absolute atomic E-state index is 6.34. The van der Waals surface area contributed by atoms with Gasteiger partial charge in [0.2, 0.25) is 0 Å². The van der Waals surface area contributed by atoms with Crippen molar-refractivity contribution in [3.8, 4) is 11.4 Å². The third-order valence-corrected chi connectivity index (χ3v) is 5.00. The van der Waals surface area contributed by atoms with Gasteiger partial charge in [-0.05, 0) is 36.1 Å². The lowest BCUT2D eigenvalue weighted by molar-refractivity contribution is 0.531. The smallest absolute Gasteiger partial charge is 0.165 e. The summed E-state index contributed by atoms with van der Waals surface area (Å²) >= 11 is 6.34. The maximum Gasteiger partial charge on any atom is 0.165 e. The Bertz CT molecular complexity index is 1030. The summed E-state index contributed by atoms with van der Waals surface area (Å²) in [4.78, 5) is 0. The normalized spacial score (nSPS) is 12.6. The Hall–Kier alpha value is -2.59. The van der Waals surface area contributed by atoms with Crippen molar-refractivity contribution in [2.75, 3.05) is 0 Å². The van der Waals surface area contributed by atoms with Gasteiger partial charge < -0.3 is 9.13 Å². The molecule has 0 spiro atoms. The minimum Gasteiger partial charge on any atom is -0.337 e. The van der Waals surface area contributed by atoms with Crippen molar-refractivity contribution in [2.24, 2.45) is 7.05 Å². The highest BCUT2D eigenvalue weighted by atomic mass is 35.5. The second kappa shape index (κ2) is 6.37. The Labute approximate surface area is 151 Å². The average molecular weight is 351 g/mol. The lowest BCUT2D eigenvalue weighted by Crippen LogP contribution is -2.14. The van der Waals surface area contributed by atoms with E-state index in [9.17, 15) is 0 Å². The molecule has 0 radical (unpaired) electrons. The molecule has 4 rings (SSSR count). The third-order valence-electron chi connectivity index (χ3n) is 4.67. The zero-order valence-corrected chi connectivity index (χ0v) is 15.0. The number of fused-ring (bicyclic) bond motifs is 1. The van der Waals surface area contributed by atoms with E-state index in [2.05, 4.69) is 58.2 Å². The average Bonchev–Trinajstić information content (AvgIpc) is 3.22. The first-order valence-corrected chi connectivity index (χ1v) is 8.78. The summed E-state index contributed by atoms with van der Waals surface area (Å²) in [7, 11) is 2.00. The summed E-state index contributed by atoms with van der Waals surface area (Å²) in [5, 5.41) is 10.8. The van der Waals surface area contributed by atoms with Crippen LogP contribution in [0.5, 0.6) is 0 Å². The van der Waals surface area contributed by atoms with Crippen molar-refractivity contribution < 1.29 is 0 Å². The van der Waals surface area contributed by atoms with Crippen LogP contribution in [0.15, 0.2) is 60.8 Å². The van der Waals surface area contributed by atoms with Gasteiger partial charge in [0.05, 0.1) is 11.1 Å². The van der Waals surface area contributed by atoms with Crippen LogP contribution >= 0.6 is 11.6 Å². The molecule has 0 amide bonds. The van der Waals surface area contributed by atoms with Gasteiger partial charge in [0.1, 0.15) is 0 Å². The van der Waals surface area contributed by atoms with Gasteiger partial charge in [0.15, 0.2) is 11.6 Å². The lowest BCUT2D eigenvalue weighted by Gasteiger charge is -2.18. The van der Waals surface area contributed by atoms with Crippen LogP contribution < -0.4 is 0 Å². The fraction of sp³-hybridized carbons (Fsp3) is 0.200. The van der Waals surface area contributed by atoms with Crippen molar-refractivity contribution in [3.05, 3.63) is 71.6 Å². The van der Waals surface area contributed by atoms with E-state index in [0.717, 1.165) is 23.6 Å². The molecule has 0 fully saturated rings. The molecule has 0 saturated carbocycles.